The minimum Gasteiger partial charge on any atom is -0.357 e. The van der Waals surface area contributed by atoms with Crippen molar-refractivity contribution in [2.45, 2.75) is 39.2 Å². The predicted octanol–water partition coefficient (Wildman–Crippen LogP) is 0.376. The Hall–Kier alpha value is -0.820. The molecule has 0 aromatic carbocycles. The summed E-state index contributed by atoms with van der Waals surface area (Å²) in [6.07, 6.45) is 3.15. The number of sulfonamides is 1. The minimum atomic E-state index is -3.06. The second kappa shape index (κ2) is 7.69. The highest BCUT2D eigenvalue weighted by Crippen LogP contribution is 2.18. The van der Waals surface area contributed by atoms with Crippen LogP contribution in [0.3, 0.4) is 0 Å². The lowest BCUT2D eigenvalue weighted by atomic mass is 10.4. The number of nitrogens with one attached hydrogen (secondary N) is 2. The highest BCUT2D eigenvalue weighted by atomic mass is 32.2. The van der Waals surface area contributed by atoms with E-state index in [4.69, 9.17) is 0 Å². The standard InChI is InChI=1S/C12H26N4O2S/c1-4-13-12(15-11-7-8-11)14-9-6-10-16(3)19(17,18)5-2/h11H,4-10H2,1-3H3,(H2,13,14,15). The molecule has 0 aromatic heterocycles. The Kier molecular flexibility index (Phi) is 6.57. The van der Waals surface area contributed by atoms with Gasteiger partial charge in [-0.2, -0.15) is 0 Å². The summed E-state index contributed by atoms with van der Waals surface area (Å²) in [5.74, 6) is 0.990. The van der Waals surface area contributed by atoms with E-state index >= 15 is 0 Å². The molecule has 0 saturated heterocycles. The molecule has 112 valence electrons. The molecule has 7 heteroatoms. The Morgan fingerprint density at radius 1 is 1.37 bits per heavy atom. The third-order valence-corrected chi connectivity index (χ3v) is 4.87. The number of nitrogens with zero attached hydrogens (tertiary/aromatic N) is 2. The molecule has 1 rings (SSSR count). The fourth-order valence-corrected chi connectivity index (χ4v) is 2.43. The van der Waals surface area contributed by atoms with Gasteiger partial charge in [0.2, 0.25) is 10.0 Å². The number of hydrogen-bond acceptors (Lipinski definition) is 3. The van der Waals surface area contributed by atoms with Crippen molar-refractivity contribution >= 4 is 16.0 Å². The van der Waals surface area contributed by atoms with Gasteiger partial charge in [-0.25, -0.2) is 12.7 Å². The zero-order valence-electron chi connectivity index (χ0n) is 12.1. The van der Waals surface area contributed by atoms with Crippen molar-refractivity contribution < 1.29 is 8.42 Å². The summed E-state index contributed by atoms with van der Waals surface area (Å²) in [6, 6.07) is 0.570. The molecule has 0 aliphatic heterocycles. The minimum absolute atomic E-state index is 0.151. The van der Waals surface area contributed by atoms with Crippen molar-refractivity contribution in [3.8, 4) is 0 Å². The molecule has 0 radical (unpaired) electrons. The molecule has 0 heterocycles. The topological polar surface area (TPSA) is 73.8 Å². The van der Waals surface area contributed by atoms with Gasteiger partial charge in [-0.3, -0.25) is 4.99 Å². The van der Waals surface area contributed by atoms with E-state index < -0.39 is 10.0 Å². The van der Waals surface area contributed by atoms with Crippen LogP contribution in [0.4, 0.5) is 0 Å². The van der Waals surface area contributed by atoms with Crippen LogP contribution in [-0.2, 0) is 10.0 Å². The van der Waals surface area contributed by atoms with E-state index in [2.05, 4.69) is 15.6 Å². The third-order valence-electron chi connectivity index (χ3n) is 3.00. The fourth-order valence-electron chi connectivity index (χ4n) is 1.58. The Morgan fingerprint density at radius 2 is 2.05 bits per heavy atom. The molecule has 0 unspecified atom stereocenters. The van der Waals surface area contributed by atoms with Gasteiger partial charge in [-0.1, -0.05) is 0 Å². The normalized spacial score (nSPS) is 16.7. The largest absolute Gasteiger partial charge is 0.357 e. The average Bonchev–Trinajstić information content (AvgIpc) is 3.18. The molecule has 1 fully saturated rings. The van der Waals surface area contributed by atoms with E-state index in [1.54, 1.807) is 14.0 Å². The molecule has 0 aromatic rings. The van der Waals surface area contributed by atoms with Crippen LogP contribution in [0.1, 0.15) is 33.1 Å². The maximum absolute atomic E-state index is 11.5. The van der Waals surface area contributed by atoms with Gasteiger partial charge in [0.15, 0.2) is 5.96 Å². The van der Waals surface area contributed by atoms with E-state index in [-0.39, 0.29) is 5.75 Å². The summed E-state index contributed by atoms with van der Waals surface area (Å²) in [5, 5.41) is 6.52. The lowest BCUT2D eigenvalue weighted by Gasteiger charge is -2.15. The van der Waals surface area contributed by atoms with Gasteiger partial charge in [-0.15, -0.1) is 0 Å². The molecule has 0 spiro atoms. The zero-order valence-corrected chi connectivity index (χ0v) is 13.0. The monoisotopic (exact) mass is 290 g/mol. The summed E-state index contributed by atoms with van der Waals surface area (Å²) in [7, 11) is -1.44. The van der Waals surface area contributed by atoms with Gasteiger partial charge in [0, 0.05) is 32.7 Å². The maximum atomic E-state index is 11.5. The Bertz CT molecular complexity index is 391. The van der Waals surface area contributed by atoms with Crippen molar-refractivity contribution in [2.75, 3.05) is 32.4 Å². The molecule has 1 saturated carbocycles. The Labute approximate surface area is 116 Å². The van der Waals surface area contributed by atoms with E-state index in [1.165, 1.54) is 17.1 Å². The number of hydrogen-bond donors (Lipinski definition) is 2. The first-order chi connectivity index (χ1) is 8.99. The highest BCUT2D eigenvalue weighted by Gasteiger charge is 2.22. The van der Waals surface area contributed by atoms with Crippen molar-refractivity contribution in [3.05, 3.63) is 0 Å². The second-order valence-corrected chi connectivity index (χ2v) is 7.12. The molecule has 0 amide bonds. The van der Waals surface area contributed by atoms with Crippen LogP contribution < -0.4 is 10.6 Å². The molecule has 1 aliphatic rings. The summed E-state index contributed by atoms with van der Waals surface area (Å²) in [5.41, 5.74) is 0. The fraction of sp³-hybridized carbons (Fsp3) is 0.917. The van der Waals surface area contributed by atoms with E-state index in [0.29, 0.717) is 19.1 Å². The summed E-state index contributed by atoms with van der Waals surface area (Å²) in [6.45, 7) is 5.68. The van der Waals surface area contributed by atoms with Gasteiger partial charge in [0.1, 0.15) is 0 Å². The summed E-state index contributed by atoms with van der Waals surface area (Å²) >= 11 is 0. The molecule has 0 atom stereocenters. The van der Waals surface area contributed by atoms with Crippen molar-refractivity contribution in [2.24, 2.45) is 4.99 Å². The Morgan fingerprint density at radius 3 is 2.58 bits per heavy atom. The zero-order chi connectivity index (χ0) is 14.3. The van der Waals surface area contributed by atoms with Crippen LogP contribution in [0.5, 0.6) is 0 Å². The highest BCUT2D eigenvalue weighted by molar-refractivity contribution is 7.89. The lowest BCUT2D eigenvalue weighted by molar-refractivity contribution is 0.465. The van der Waals surface area contributed by atoms with Crippen molar-refractivity contribution in [1.82, 2.24) is 14.9 Å². The Balaban J connectivity index is 2.29. The third kappa shape index (κ3) is 6.24. The molecule has 19 heavy (non-hydrogen) atoms. The lowest BCUT2D eigenvalue weighted by Crippen LogP contribution is -2.38. The van der Waals surface area contributed by atoms with Crippen LogP contribution >= 0.6 is 0 Å². The van der Waals surface area contributed by atoms with Crippen molar-refractivity contribution in [3.63, 3.8) is 0 Å². The van der Waals surface area contributed by atoms with E-state index in [0.717, 1.165) is 18.9 Å². The summed E-state index contributed by atoms with van der Waals surface area (Å²) in [4.78, 5) is 4.45. The second-order valence-electron chi connectivity index (χ2n) is 4.75. The first-order valence-corrected chi connectivity index (χ1v) is 8.59. The van der Waals surface area contributed by atoms with Crippen molar-refractivity contribution in [1.29, 1.82) is 0 Å². The van der Waals surface area contributed by atoms with E-state index in [9.17, 15) is 8.42 Å². The maximum Gasteiger partial charge on any atom is 0.213 e. The first-order valence-electron chi connectivity index (χ1n) is 6.98. The van der Waals surface area contributed by atoms with Gasteiger partial charge in [0.05, 0.1) is 5.75 Å². The van der Waals surface area contributed by atoms with Gasteiger partial charge < -0.3 is 10.6 Å². The molecule has 6 nitrogen and oxygen atoms in total. The number of aliphatic imine (C=N–C) groups is 1. The first kappa shape index (κ1) is 16.2. The van der Waals surface area contributed by atoms with Gasteiger partial charge in [0.25, 0.3) is 0 Å². The molecule has 2 N–H and O–H groups in total. The quantitative estimate of drug-likeness (QED) is 0.385. The SMILES string of the molecule is CCNC(=NCCCN(C)S(=O)(=O)CC)NC1CC1. The average molecular weight is 290 g/mol. The van der Waals surface area contributed by atoms with Gasteiger partial charge in [-0.05, 0) is 33.1 Å². The molecular weight excluding hydrogens is 264 g/mol. The predicted molar refractivity (Wildman–Crippen MR) is 78.8 cm³/mol. The summed E-state index contributed by atoms with van der Waals surface area (Å²) < 4.78 is 24.5. The van der Waals surface area contributed by atoms with Crippen LogP contribution in [0, 0.1) is 0 Å². The van der Waals surface area contributed by atoms with E-state index in [1.807, 2.05) is 6.92 Å². The number of guanidine groups is 1. The smallest absolute Gasteiger partial charge is 0.213 e. The van der Waals surface area contributed by atoms with Crippen LogP contribution in [0.2, 0.25) is 0 Å². The number of rotatable bonds is 8. The van der Waals surface area contributed by atoms with Crippen LogP contribution in [0.25, 0.3) is 0 Å². The molecular formula is C12H26N4O2S. The van der Waals surface area contributed by atoms with Crippen LogP contribution in [-0.4, -0.2) is 57.2 Å². The van der Waals surface area contributed by atoms with Crippen LogP contribution in [0.15, 0.2) is 4.99 Å². The van der Waals surface area contributed by atoms with Gasteiger partial charge >= 0.3 is 0 Å². The molecule has 1 aliphatic carbocycles. The molecule has 0 bridgehead atoms.